The first-order valence-electron chi connectivity index (χ1n) is 7.01. The maximum atomic E-state index is 11.7. The second-order valence-corrected chi connectivity index (χ2v) is 5.00. The topological polar surface area (TPSA) is 84.2 Å². The van der Waals surface area contributed by atoms with E-state index in [1.165, 1.54) is 19.3 Å². The van der Waals surface area contributed by atoms with E-state index in [1.807, 2.05) is 0 Å². The Morgan fingerprint density at radius 2 is 1.78 bits per heavy atom. The fourth-order valence-corrected chi connectivity index (χ4v) is 2.35. The highest BCUT2D eigenvalue weighted by molar-refractivity contribution is 5.76. The number of nitrogens with two attached hydrogens (primary N) is 1. The van der Waals surface area contributed by atoms with Gasteiger partial charge in [0.1, 0.15) is 0 Å². The standard InChI is InChI=1S/C13H25N3O2/c14-13(18)15-10-6-2-5-9-12(17)16-11-7-3-1-4-8-11/h11H,1-10H2,(H,16,17)(H3,14,15,18). The summed E-state index contributed by atoms with van der Waals surface area (Å²) in [4.78, 5) is 22.1. The monoisotopic (exact) mass is 255 g/mol. The molecule has 0 spiro atoms. The molecule has 5 heteroatoms. The van der Waals surface area contributed by atoms with E-state index in [4.69, 9.17) is 5.73 Å². The van der Waals surface area contributed by atoms with Gasteiger partial charge in [0, 0.05) is 19.0 Å². The van der Waals surface area contributed by atoms with Crippen molar-refractivity contribution in [3.05, 3.63) is 0 Å². The van der Waals surface area contributed by atoms with E-state index in [2.05, 4.69) is 10.6 Å². The van der Waals surface area contributed by atoms with Crippen molar-refractivity contribution in [1.29, 1.82) is 0 Å². The highest BCUT2D eigenvalue weighted by atomic mass is 16.2. The number of amides is 3. The molecule has 0 radical (unpaired) electrons. The molecule has 1 saturated carbocycles. The average molecular weight is 255 g/mol. The lowest BCUT2D eigenvalue weighted by molar-refractivity contribution is -0.122. The Morgan fingerprint density at radius 3 is 2.44 bits per heavy atom. The van der Waals surface area contributed by atoms with Crippen LogP contribution in [0.2, 0.25) is 0 Å². The van der Waals surface area contributed by atoms with Crippen LogP contribution in [0, 0.1) is 0 Å². The van der Waals surface area contributed by atoms with Crippen molar-refractivity contribution in [2.24, 2.45) is 5.73 Å². The van der Waals surface area contributed by atoms with Crippen molar-refractivity contribution in [2.75, 3.05) is 6.54 Å². The highest BCUT2D eigenvalue weighted by Crippen LogP contribution is 2.17. The third kappa shape index (κ3) is 7.14. The molecule has 3 amide bonds. The molecule has 1 fully saturated rings. The zero-order valence-corrected chi connectivity index (χ0v) is 11.0. The number of hydrogen-bond acceptors (Lipinski definition) is 2. The van der Waals surface area contributed by atoms with Crippen molar-refractivity contribution in [3.8, 4) is 0 Å². The van der Waals surface area contributed by atoms with Crippen LogP contribution in [0.3, 0.4) is 0 Å². The average Bonchev–Trinajstić information content (AvgIpc) is 2.34. The van der Waals surface area contributed by atoms with Crippen LogP contribution in [0.15, 0.2) is 0 Å². The first-order chi connectivity index (χ1) is 8.68. The molecule has 0 aliphatic heterocycles. The number of urea groups is 1. The van der Waals surface area contributed by atoms with Crippen LogP contribution in [0.4, 0.5) is 4.79 Å². The fraction of sp³-hybridized carbons (Fsp3) is 0.846. The predicted molar refractivity (Wildman–Crippen MR) is 71.1 cm³/mol. The Bertz CT molecular complexity index is 263. The van der Waals surface area contributed by atoms with Gasteiger partial charge in [0.25, 0.3) is 0 Å². The van der Waals surface area contributed by atoms with Gasteiger partial charge >= 0.3 is 6.03 Å². The van der Waals surface area contributed by atoms with E-state index in [-0.39, 0.29) is 5.91 Å². The summed E-state index contributed by atoms with van der Waals surface area (Å²) < 4.78 is 0. The minimum atomic E-state index is -0.481. The molecular weight excluding hydrogens is 230 g/mol. The van der Waals surface area contributed by atoms with E-state index in [0.29, 0.717) is 19.0 Å². The van der Waals surface area contributed by atoms with E-state index in [0.717, 1.165) is 32.1 Å². The van der Waals surface area contributed by atoms with Gasteiger partial charge in [0.05, 0.1) is 0 Å². The van der Waals surface area contributed by atoms with Crippen LogP contribution < -0.4 is 16.4 Å². The summed E-state index contributed by atoms with van der Waals surface area (Å²) in [5.41, 5.74) is 4.95. The van der Waals surface area contributed by atoms with E-state index >= 15 is 0 Å². The Morgan fingerprint density at radius 1 is 1.06 bits per heavy atom. The first-order valence-corrected chi connectivity index (χ1v) is 7.01. The smallest absolute Gasteiger partial charge is 0.312 e. The molecule has 0 aromatic rings. The summed E-state index contributed by atoms with van der Waals surface area (Å²) in [5.74, 6) is 0.171. The van der Waals surface area contributed by atoms with Gasteiger partial charge in [0.15, 0.2) is 0 Å². The molecule has 0 saturated heterocycles. The van der Waals surface area contributed by atoms with Crippen LogP contribution in [-0.4, -0.2) is 24.5 Å². The molecule has 0 atom stereocenters. The summed E-state index contributed by atoms with van der Waals surface area (Å²) in [6.07, 6.45) is 9.33. The number of primary amides is 1. The lowest BCUT2D eigenvalue weighted by atomic mass is 9.95. The minimum absolute atomic E-state index is 0.171. The van der Waals surface area contributed by atoms with Crippen LogP contribution in [0.25, 0.3) is 0 Å². The van der Waals surface area contributed by atoms with Gasteiger partial charge in [-0.2, -0.15) is 0 Å². The summed E-state index contributed by atoms with van der Waals surface area (Å²) in [7, 11) is 0. The molecule has 1 aliphatic carbocycles. The van der Waals surface area contributed by atoms with Crippen molar-refractivity contribution < 1.29 is 9.59 Å². The van der Waals surface area contributed by atoms with Crippen LogP contribution in [0.5, 0.6) is 0 Å². The number of hydrogen-bond donors (Lipinski definition) is 3. The SMILES string of the molecule is NC(=O)NCCCCCC(=O)NC1CCCCC1. The van der Waals surface area contributed by atoms with Crippen molar-refractivity contribution in [1.82, 2.24) is 10.6 Å². The molecule has 0 aromatic carbocycles. The van der Waals surface area contributed by atoms with E-state index in [1.54, 1.807) is 0 Å². The van der Waals surface area contributed by atoms with Crippen LogP contribution >= 0.6 is 0 Å². The Labute approximate surface area is 109 Å². The molecule has 0 unspecified atom stereocenters. The van der Waals surface area contributed by atoms with Gasteiger partial charge < -0.3 is 16.4 Å². The largest absolute Gasteiger partial charge is 0.353 e. The Kier molecular flexibility index (Phi) is 7.22. The lowest BCUT2D eigenvalue weighted by Gasteiger charge is -2.22. The van der Waals surface area contributed by atoms with Gasteiger partial charge in [-0.1, -0.05) is 25.7 Å². The van der Waals surface area contributed by atoms with Gasteiger partial charge in [-0.15, -0.1) is 0 Å². The summed E-state index contributed by atoms with van der Waals surface area (Å²) >= 11 is 0. The Hall–Kier alpha value is -1.26. The normalized spacial score (nSPS) is 16.2. The molecule has 0 bridgehead atoms. The summed E-state index contributed by atoms with van der Waals surface area (Å²) in [6.45, 7) is 0.597. The van der Waals surface area contributed by atoms with E-state index in [9.17, 15) is 9.59 Å². The second-order valence-electron chi connectivity index (χ2n) is 5.00. The molecule has 0 aromatic heterocycles. The number of carbonyl (C=O) groups is 2. The molecule has 4 N–H and O–H groups in total. The zero-order chi connectivity index (χ0) is 13.2. The maximum absolute atomic E-state index is 11.7. The summed E-state index contributed by atoms with van der Waals surface area (Å²) in [6, 6.07) is -0.0761. The fourth-order valence-electron chi connectivity index (χ4n) is 2.35. The molecule has 1 rings (SSSR count). The zero-order valence-electron chi connectivity index (χ0n) is 11.0. The van der Waals surface area contributed by atoms with Crippen LogP contribution in [0.1, 0.15) is 57.8 Å². The highest BCUT2D eigenvalue weighted by Gasteiger charge is 2.14. The quantitative estimate of drug-likeness (QED) is 0.604. The molecule has 104 valence electrons. The summed E-state index contributed by atoms with van der Waals surface area (Å²) in [5, 5.41) is 5.64. The number of rotatable bonds is 7. The number of carbonyl (C=O) groups excluding carboxylic acids is 2. The maximum Gasteiger partial charge on any atom is 0.312 e. The molecule has 0 heterocycles. The van der Waals surface area contributed by atoms with Gasteiger partial charge in [-0.25, -0.2) is 4.79 Å². The van der Waals surface area contributed by atoms with Gasteiger partial charge in [-0.05, 0) is 25.7 Å². The second kappa shape index (κ2) is 8.78. The minimum Gasteiger partial charge on any atom is -0.353 e. The first kappa shape index (κ1) is 14.8. The van der Waals surface area contributed by atoms with Gasteiger partial charge in [0.2, 0.25) is 5.91 Å². The molecule has 5 nitrogen and oxygen atoms in total. The number of nitrogens with one attached hydrogen (secondary N) is 2. The molecule has 18 heavy (non-hydrogen) atoms. The van der Waals surface area contributed by atoms with E-state index < -0.39 is 6.03 Å². The Balaban J connectivity index is 1.94. The van der Waals surface area contributed by atoms with Crippen LogP contribution in [-0.2, 0) is 4.79 Å². The third-order valence-electron chi connectivity index (χ3n) is 3.35. The third-order valence-corrected chi connectivity index (χ3v) is 3.35. The lowest BCUT2D eigenvalue weighted by Crippen LogP contribution is -2.36. The molecular formula is C13H25N3O2. The molecule has 1 aliphatic rings. The predicted octanol–water partition coefficient (Wildman–Crippen LogP) is 1.66. The van der Waals surface area contributed by atoms with Gasteiger partial charge in [-0.3, -0.25) is 4.79 Å². The van der Waals surface area contributed by atoms with Crippen molar-refractivity contribution in [2.45, 2.75) is 63.8 Å². The van der Waals surface area contributed by atoms with Crippen molar-refractivity contribution in [3.63, 3.8) is 0 Å². The number of unbranched alkanes of at least 4 members (excludes halogenated alkanes) is 2. The van der Waals surface area contributed by atoms with Crippen molar-refractivity contribution >= 4 is 11.9 Å².